The molecule has 1 aromatic rings. The summed E-state index contributed by atoms with van der Waals surface area (Å²) in [6, 6.07) is 8.43. The molecule has 0 spiro atoms. The van der Waals surface area contributed by atoms with E-state index >= 15 is 0 Å². The fourth-order valence-corrected chi connectivity index (χ4v) is 2.03. The van der Waals surface area contributed by atoms with Crippen LogP contribution in [0.25, 0.3) is 0 Å². The lowest BCUT2D eigenvalue weighted by Crippen LogP contribution is -2.47. The lowest BCUT2D eigenvalue weighted by molar-refractivity contribution is -0.124. The number of nitrogens with one attached hydrogen (secondary N) is 1. The Morgan fingerprint density at radius 3 is 2.73 bits per heavy atom. The third-order valence-electron chi connectivity index (χ3n) is 2.44. The van der Waals surface area contributed by atoms with Gasteiger partial charge in [-0.15, -0.1) is 0 Å². The van der Waals surface area contributed by atoms with Crippen LogP contribution in [0, 0.1) is 3.57 Å². The molecule has 1 amide bonds. The number of amides is 1. The Bertz CT molecular complexity index is 350. The third kappa shape index (κ3) is 3.17. The molecule has 1 aliphatic rings. The Labute approximate surface area is 103 Å². The molecule has 1 N–H and O–H groups in total. The fourth-order valence-electron chi connectivity index (χ4n) is 1.67. The van der Waals surface area contributed by atoms with Crippen LogP contribution in [-0.2, 0) is 11.3 Å². The molecule has 2 rings (SSSR count). The van der Waals surface area contributed by atoms with Crippen LogP contribution < -0.4 is 5.32 Å². The Kier molecular flexibility index (Phi) is 3.58. The van der Waals surface area contributed by atoms with E-state index in [-0.39, 0.29) is 5.91 Å². The smallest absolute Gasteiger partial charge is 0.234 e. The van der Waals surface area contributed by atoms with Gasteiger partial charge in [0.25, 0.3) is 0 Å². The number of carbonyl (C=O) groups is 1. The normalized spacial score (nSPS) is 17.5. The molecule has 1 aliphatic heterocycles. The summed E-state index contributed by atoms with van der Waals surface area (Å²) in [6.07, 6.45) is 0. The molecular weight excluding hydrogens is 303 g/mol. The molecule has 1 saturated heterocycles. The summed E-state index contributed by atoms with van der Waals surface area (Å²) in [5.74, 6) is 0.131. The summed E-state index contributed by atoms with van der Waals surface area (Å²) in [5, 5.41) is 2.83. The molecule has 0 bridgehead atoms. The quantitative estimate of drug-likeness (QED) is 0.832. The number of hydrogen-bond acceptors (Lipinski definition) is 2. The standard InChI is InChI=1S/C11H13IN2O/c12-10-3-1-9(2-4-10)7-14-6-5-13-11(15)8-14/h1-4H,5-8H2,(H,13,15). The van der Waals surface area contributed by atoms with E-state index in [1.807, 2.05) is 0 Å². The van der Waals surface area contributed by atoms with Crippen molar-refractivity contribution < 1.29 is 4.79 Å². The van der Waals surface area contributed by atoms with Crippen LogP contribution in [0.15, 0.2) is 24.3 Å². The highest BCUT2D eigenvalue weighted by Crippen LogP contribution is 2.09. The number of rotatable bonds is 2. The van der Waals surface area contributed by atoms with Crippen LogP contribution in [0.4, 0.5) is 0 Å². The molecule has 15 heavy (non-hydrogen) atoms. The minimum Gasteiger partial charge on any atom is -0.354 e. The molecule has 1 aromatic carbocycles. The van der Waals surface area contributed by atoms with Crippen LogP contribution in [0.3, 0.4) is 0 Å². The second-order valence-corrected chi connectivity index (χ2v) is 4.93. The number of nitrogens with zero attached hydrogens (tertiary/aromatic N) is 1. The van der Waals surface area contributed by atoms with Gasteiger partial charge in [0.1, 0.15) is 0 Å². The van der Waals surface area contributed by atoms with Crippen molar-refractivity contribution in [1.82, 2.24) is 10.2 Å². The van der Waals surface area contributed by atoms with Crippen LogP contribution in [0.2, 0.25) is 0 Å². The van der Waals surface area contributed by atoms with E-state index in [1.54, 1.807) is 0 Å². The highest BCUT2D eigenvalue weighted by molar-refractivity contribution is 14.1. The fraction of sp³-hybridized carbons (Fsp3) is 0.364. The maximum atomic E-state index is 11.2. The van der Waals surface area contributed by atoms with Crippen LogP contribution >= 0.6 is 22.6 Å². The minimum atomic E-state index is 0.131. The van der Waals surface area contributed by atoms with Gasteiger partial charge in [0.05, 0.1) is 6.54 Å². The summed E-state index contributed by atoms with van der Waals surface area (Å²) < 4.78 is 1.24. The van der Waals surface area contributed by atoms with Crippen molar-refractivity contribution in [2.75, 3.05) is 19.6 Å². The number of piperazine rings is 1. The highest BCUT2D eigenvalue weighted by atomic mass is 127. The Morgan fingerprint density at radius 1 is 1.33 bits per heavy atom. The zero-order chi connectivity index (χ0) is 10.7. The Hall–Kier alpha value is -0.620. The SMILES string of the molecule is O=C1CN(Cc2ccc(I)cc2)CCN1. The molecule has 80 valence electrons. The van der Waals surface area contributed by atoms with Crippen molar-refractivity contribution in [2.45, 2.75) is 6.54 Å². The summed E-state index contributed by atoms with van der Waals surface area (Å²) >= 11 is 2.29. The first-order valence-corrected chi connectivity index (χ1v) is 6.05. The Morgan fingerprint density at radius 2 is 2.07 bits per heavy atom. The molecule has 3 nitrogen and oxygen atoms in total. The van der Waals surface area contributed by atoms with Gasteiger partial charge < -0.3 is 5.32 Å². The topological polar surface area (TPSA) is 32.3 Å². The molecule has 0 atom stereocenters. The van der Waals surface area contributed by atoms with Gasteiger partial charge in [-0.1, -0.05) is 12.1 Å². The van der Waals surface area contributed by atoms with E-state index < -0.39 is 0 Å². The summed E-state index contributed by atoms with van der Waals surface area (Å²) in [5.41, 5.74) is 1.27. The molecular formula is C11H13IN2O. The highest BCUT2D eigenvalue weighted by Gasteiger charge is 2.15. The second kappa shape index (κ2) is 4.94. The third-order valence-corrected chi connectivity index (χ3v) is 3.16. The van der Waals surface area contributed by atoms with E-state index in [9.17, 15) is 4.79 Å². The van der Waals surface area contributed by atoms with Crippen LogP contribution in [0.1, 0.15) is 5.56 Å². The van der Waals surface area contributed by atoms with Crippen LogP contribution in [-0.4, -0.2) is 30.4 Å². The molecule has 0 unspecified atom stereocenters. The average molecular weight is 316 g/mol. The van der Waals surface area contributed by atoms with Gasteiger partial charge >= 0.3 is 0 Å². The summed E-state index contributed by atoms with van der Waals surface area (Å²) in [6.45, 7) is 3.09. The molecule has 1 fully saturated rings. The molecule has 0 aliphatic carbocycles. The van der Waals surface area contributed by atoms with Gasteiger partial charge in [0.15, 0.2) is 0 Å². The van der Waals surface area contributed by atoms with Gasteiger partial charge in [-0.3, -0.25) is 9.69 Å². The first-order valence-electron chi connectivity index (χ1n) is 4.97. The van der Waals surface area contributed by atoms with Gasteiger partial charge in [-0.05, 0) is 40.3 Å². The first kappa shape index (κ1) is 10.9. The molecule has 4 heteroatoms. The van der Waals surface area contributed by atoms with E-state index in [2.05, 4.69) is 57.1 Å². The van der Waals surface area contributed by atoms with E-state index in [0.717, 1.165) is 19.6 Å². The van der Waals surface area contributed by atoms with E-state index in [1.165, 1.54) is 9.13 Å². The zero-order valence-electron chi connectivity index (χ0n) is 8.37. The maximum Gasteiger partial charge on any atom is 0.234 e. The van der Waals surface area contributed by atoms with E-state index in [0.29, 0.717) is 6.54 Å². The van der Waals surface area contributed by atoms with Gasteiger partial charge in [-0.2, -0.15) is 0 Å². The number of halogens is 1. The molecule has 0 aromatic heterocycles. The van der Waals surface area contributed by atoms with Crippen molar-refractivity contribution in [2.24, 2.45) is 0 Å². The first-order chi connectivity index (χ1) is 7.24. The van der Waals surface area contributed by atoms with Crippen molar-refractivity contribution in [3.05, 3.63) is 33.4 Å². The summed E-state index contributed by atoms with van der Waals surface area (Å²) in [4.78, 5) is 13.3. The predicted octanol–water partition coefficient (Wildman–Crippen LogP) is 1.22. The van der Waals surface area contributed by atoms with E-state index in [4.69, 9.17) is 0 Å². The average Bonchev–Trinajstić information content (AvgIpc) is 2.22. The second-order valence-electron chi connectivity index (χ2n) is 3.69. The number of benzene rings is 1. The van der Waals surface area contributed by atoms with Gasteiger partial charge in [-0.25, -0.2) is 0 Å². The lowest BCUT2D eigenvalue weighted by Gasteiger charge is -2.26. The Balaban J connectivity index is 1.96. The van der Waals surface area contributed by atoms with Gasteiger partial charge in [0, 0.05) is 23.2 Å². The van der Waals surface area contributed by atoms with Gasteiger partial charge in [0.2, 0.25) is 5.91 Å². The zero-order valence-corrected chi connectivity index (χ0v) is 10.5. The largest absolute Gasteiger partial charge is 0.354 e. The van der Waals surface area contributed by atoms with Crippen LogP contribution in [0.5, 0.6) is 0 Å². The number of carbonyl (C=O) groups excluding carboxylic acids is 1. The molecule has 0 radical (unpaired) electrons. The summed E-state index contributed by atoms with van der Waals surface area (Å²) in [7, 11) is 0. The van der Waals surface area contributed by atoms with Crippen molar-refractivity contribution in [1.29, 1.82) is 0 Å². The monoisotopic (exact) mass is 316 g/mol. The van der Waals surface area contributed by atoms with Crippen molar-refractivity contribution in [3.8, 4) is 0 Å². The predicted molar refractivity (Wildman–Crippen MR) is 67.4 cm³/mol. The van der Waals surface area contributed by atoms with Crippen molar-refractivity contribution >= 4 is 28.5 Å². The van der Waals surface area contributed by atoms with Crippen molar-refractivity contribution in [3.63, 3.8) is 0 Å². The number of hydrogen-bond donors (Lipinski definition) is 1. The molecule has 1 heterocycles. The maximum absolute atomic E-state index is 11.2. The molecule has 0 saturated carbocycles. The minimum absolute atomic E-state index is 0.131. The lowest BCUT2D eigenvalue weighted by atomic mass is 10.2.